The number of fused-ring (bicyclic) bond motifs is 6. The van der Waals surface area contributed by atoms with E-state index in [9.17, 15) is 0 Å². The van der Waals surface area contributed by atoms with Crippen molar-refractivity contribution in [3.8, 4) is 22.3 Å². The summed E-state index contributed by atoms with van der Waals surface area (Å²) in [7, 11) is 0. The molecule has 0 unspecified atom stereocenters. The molecule has 0 amide bonds. The predicted molar refractivity (Wildman–Crippen MR) is 175 cm³/mol. The lowest BCUT2D eigenvalue weighted by Crippen LogP contribution is -2.46. The topological polar surface area (TPSA) is 0 Å². The maximum atomic E-state index is 2.49. The van der Waals surface area contributed by atoms with E-state index in [0.717, 1.165) is 12.8 Å². The molecule has 5 aliphatic carbocycles. The molecule has 0 bridgehead atoms. The van der Waals surface area contributed by atoms with E-state index >= 15 is 0 Å². The monoisotopic (exact) mass is 540 g/mol. The van der Waals surface area contributed by atoms with Gasteiger partial charge in [-0.05, 0) is 94.2 Å². The van der Waals surface area contributed by atoms with Gasteiger partial charge in [0, 0.05) is 22.7 Å². The molecule has 0 heterocycles. The van der Waals surface area contributed by atoms with Crippen LogP contribution in [0.25, 0.3) is 22.3 Å². The Hall–Kier alpha value is -4.16. The summed E-state index contributed by atoms with van der Waals surface area (Å²) in [6.45, 7) is 0. The van der Waals surface area contributed by atoms with E-state index in [2.05, 4.69) is 134 Å². The second-order valence-corrected chi connectivity index (χ2v) is 13.2. The van der Waals surface area contributed by atoms with Crippen LogP contribution in [0.2, 0.25) is 0 Å². The minimum Gasteiger partial charge on any atom is -0.0767 e. The fourth-order valence-corrected chi connectivity index (χ4v) is 9.55. The van der Waals surface area contributed by atoms with Gasteiger partial charge in [-0.25, -0.2) is 0 Å². The van der Waals surface area contributed by atoms with Gasteiger partial charge in [-0.3, -0.25) is 0 Å². The Morgan fingerprint density at radius 1 is 0.405 bits per heavy atom. The number of hydrogen-bond acceptors (Lipinski definition) is 0. The zero-order chi connectivity index (χ0) is 27.7. The van der Waals surface area contributed by atoms with Crippen LogP contribution in [0.5, 0.6) is 0 Å². The molecule has 0 heteroatoms. The number of rotatable bonds is 4. The Balaban J connectivity index is 1.17. The highest BCUT2D eigenvalue weighted by molar-refractivity contribution is 5.80. The molecule has 0 aliphatic heterocycles. The summed E-state index contributed by atoms with van der Waals surface area (Å²) in [5, 5.41) is 0. The van der Waals surface area contributed by atoms with Crippen molar-refractivity contribution in [1.82, 2.24) is 0 Å². The molecule has 1 fully saturated rings. The maximum absolute atomic E-state index is 2.49. The first-order chi connectivity index (χ1) is 20.8. The predicted octanol–water partition coefficient (Wildman–Crippen LogP) is 10.1. The van der Waals surface area contributed by atoms with Gasteiger partial charge in [0.25, 0.3) is 0 Å². The standard InChI is InChI=1S/C42H36/c1-7-17-33-29(11-1)27-37-35(33)19-9-21-39(37)41(31-13-3-4-14-31)23-25-42(26-24-41,32-15-5-6-16-32)40-22-10-20-36-34-18-8-2-12-30(34)28-38(36)40/h1-22,31-32H,23-28H2. The van der Waals surface area contributed by atoms with Gasteiger partial charge in [-0.1, -0.05) is 134 Å². The van der Waals surface area contributed by atoms with Gasteiger partial charge in [0.1, 0.15) is 0 Å². The molecular weight excluding hydrogens is 504 g/mol. The van der Waals surface area contributed by atoms with Crippen molar-refractivity contribution < 1.29 is 0 Å². The zero-order valence-corrected chi connectivity index (χ0v) is 24.1. The molecule has 0 aromatic heterocycles. The molecule has 0 saturated heterocycles. The SMILES string of the molecule is C1=CC(C2(c3cccc4c3Cc3ccccc3-4)CCC(c3cccc4c3Cc3ccccc3-4)(C3C=CC=C3)CC2)C=C1. The second-order valence-electron chi connectivity index (χ2n) is 13.2. The number of benzene rings is 4. The van der Waals surface area contributed by atoms with E-state index in [-0.39, 0.29) is 10.8 Å². The van der Waals surface area contributed by atoms with Crippen LogP contribution >= 0.6 is 0 Å². The molecule has 0 N–H and O–H groups in total. The third-order valence-corrected chi connectivity index (χ3v) is 11.6. The first-order valence-electron chi connectivity index (χ1n) is 15.9. The van der Waals surface area contributed by atoms with Crippen LogP contribution in [0.15, 0.2) is 134 Å². The highest BCUT2D eigenvalue weighted by Crippen LogP contribution is 2.59. The Kier molecular flexibility index (Phi) is 5.34. The Morgan fingerprint density at radius 3 is 1.21 bits per heavy atom. The van der Waals surface area contributed by atoms with E-state index in [1.54, 1.807) is 22.3 Å². The molecule has 0 nitrogen and oxygen atoms in total. The third kappa shape index (κ3) is 3.36. The highest BCUT2D eigenvalue weighted by Gasteiger charge is 2.51. The van der Waals surface area contributed by atoms with Gasteiger partial charge in [-0.15, -0.1) is 0 Å². The molecule has 204 valence electrons. The van der Waals surface area contributed by atoms with Gasteiger partial charge in [-0.2, -0.15) is 0 Å². The summed E-state index contributed by atoms with van der Waals surface area (Å²) >= 11 is 0. The van der Waals surface area contributed by atoms with Crippen molar-refractivity contribution in [3.63, 3.8) is 0 Å². The lowest BCUT2D eigenvalue weighted by molar-refractivity contribution is 0.152. The van der Waals surface area contributed by atoms with Crippen molar-refractivity contribution >= 4 is 0 Å². The molecule has 5 aliphatic rings. The second kappa shape index (κ2) is 9.17. The smallest absolute Gasteiger partial charge is 0.00543 e. The van der Waals surface area contributed by atoms with Crippen LogP contribution in [0.4, 0.5) is 0 Å². The summed E-state index contributed by atoms with van der Waals surface area (Å²) in [4.78, 5) is 0. The molecule has 42 heavy (non-hydrogen) atoms. The lowest BCUT2D eigenvalue weighted by atomic mass is 9.51. The fraction of sp³-hybridized carbons (Fsp3) is 0.238. The van der Waals surface area contributed by atoms with Gasteiger partial charge in [0.15, 0.2) is 0 Å². The molecule has 0 spiro atoms. The quantitative estimate of drug-likeness (QED) is 0.209. The first-order valence-corrected chi connectivity index (χ1v) is 15.9. The average Bonchev–Trinajstić information content (AvgIpc) is 3.87. The van der Waals surface area contributed by atoms with E-state index in [4.69, 9.17) is 0 Å². The van der Waals surface area contributed by atoms with Crippen LogP contribution in [0, 0.1) is 11.8 Å². The molecule has 9 rings (SSSR count). The van der Waals surface area contributed by atoms with Crippen LogP contribution in [-0.4, -0.2) is 0 Å². The van der Waals surface area contributed by atoms with Gasteiger partial charge in [0.05, 0.1) is 0 Å². The zero-order valence-electron chi connectivity index (χ0n) is 24.1. The van der Waals surface area contributed by atoms with E-state index < -0.39 is 0 Å². The Labute approximate surface area is 249 Å². The van der Waals surface area contributed by atoms with Crippen LogP contribution < -0.4 is 0 Å². The molecule has 4 aromatic rings. The Bertz CT molecular complexity index is 1690. The third-order valence-electron chi connectivity index (χ3n) is 11.6. The molecule has 0 radical (unpaired) electrons. The summed E-state index contributed by atoms with van der Waals surface area (Å²) < 4.78 is 0. The largest absolute Gasteiger partial charge is 0.0767 e. The van der Waals surface area contributed by atoms with Crippen molar-refractivity contribution in [2.45, 2.75) is 49.4 Å². The van der Waals surface area contributed by atoms with E-state index in [1.165, 1.54) is 59.1 Å². The van der Waals surface area contributed by atoms with Gasteiger partial charge >= 0.3 is 0 Å². The summed E-state index contributed by atoms with van der Waals surface area (Å²) in [6.07, 6.45) is 26.0. The van der Waals surface area contributed by atoms with Crippen molar-refractivity contribution in [3.05, 3.63) is 167 Å². The molecule has 4 aromatic carbocycles. The molecule has 1 saturated carbocycles. The number of allylic oxidation sites excluding steroid dienone is 8. The lowest BCUT2D eigenvalue weighted by Gasteiger charge is -2.52. The van der Waals surface area contributed by atoms with Gasteiger partial charge < -0.3 is 0 Å². The number of hydrogen-bond donors (Lipinski definition) is 0. The van der Waals surface area contributed by atoms with Crippen molar-refractivity contribution in [2.24, 2.45) is 11.8 Å². The summed E-state index contributed by atoms with van der Waals surface area (Å²) in [5.74, 6) is 0.900. The summed E-state index contributed by atoms with van der Waals surface area (Å²) in [5.41, 5.74) is 15.4. The molecule has 0 atom stereocenters. The van der Waals surface area contributed by atoms with Crippen LogP contribution in [0.3, 0.4) is 0 Å². The maximum Gasteiger partial charge on any atom is 0.00543 e. The van der Waals surface area contributed by atoms with Crippen LogP contribution in [0.1, 0.15) is 59.1 Å². The molecular formula is C42H36. The minimum absolute atomic E-state index is 0.118. The van der Waals surface area contributed by atoms with E-state index in [0.29, 0.717) is 11.8 Å². The van der Waals surface area contributed by atoms with Crippen LogP contribution in [-0.2, 0) is 23.7 Å². The fourth-order valence-electron chi connectivity index (χ4n) is 9.55. The minimum atomic E-state index is 0.118. The summed E-state index contributed by atoms with van der Waals surface area (Å²) in [6, 6.07) is 32.5. The average molecular weight is 541 g/mol. The first kappa shape index (κ1) is 24.4. The van der Waals surface area contributed by atoms with Crippen molar-refractivity contribution in [1.29, 1.82) is 0 Å². The normalized spacial score (nSPS) is 25.1. The Morgan fingerprint density at radius 2 is 0.786 bits per heavy atom. The van der Waals surface area contributed by atoms with Crippen molar-refractivity contribution in [2.75, 3.05) is 0 Å². The van der Waals surface area contributed by atoms with Gasteiger partial charge in [0.2, 0.25) is 0 Å². The highest BCUT2D eigenvalue weighted by atomic mass is 14.5. The van der Waals surface area contributed by atoms with E-state index in [1.807, 2.05) is 0 Å².